The van der Waals surface area contributed by atoms with Crippen LogP contribution < -0.4 is 0 Å². The van der Waals surface area contributed by atoms with Crippen molar-refractivity contribution in [1.82, 2.24) is 0 Å². The summed E-state index contributed by atoms with van der Waals surface area (Å²) < 4.78 is 0. The molecule has 0 aliphatic rings. The number of thiol groups is 1. The van der Waals surface area contributed by atoms with Crippen LogP contribution in [0.2, 0.25) is 0 Å². The zero-order valence-electron chi connectivity index (χ0n) is 4.11. The molecule has 0 aliphatic carbocycles. The van der Waals surface area contributed by atoms with E-state index in [1.165, 1.54) is 0 Å². The van der Waals surface area contributed by atoms with E-state index in [1.807, 2.05) is 0 Å². The maximum atomic E-state index is 4.11. The van der Waals surface area contributed by atoms with Gasteiger partial charge in [0.15, 0.2) is 0 Å². The second-order valence-corrected chi connectivity index (χ2v) is 2.18. The topological polar surface area (TPSA) is 0 Å². The molecule has 0 amide bonds. The highest BCUT2D eigenvalue weighted by Gasteiger charge is 1.87. The predicted molar refractivity (Wildman–Crippen MR) is 39.8 cm³/mol. The highest BCUT2D eigenvalue weighted by molar-refractivity contribution is 9.12. The van der Waals surface area contributed by atoms with Crippen molar-refractivity contribution in [2.45, 2.75) is 18.6 Å². The van der Waals surface area contributed by atoms with Crippen molar-refractivity contribution >= 4 is 28.6 Å². The van der Waals surface area contributed by atoms with Crippen LogP contribution in [0.3, 0.4) is 0 Å². The van der Waals surface area contributed by atoms with Crippen LogP contribution in [-0.4, -0.2) is 5.25 Å². The SMILES string of the molecule is CCC(S)C#CBr. The predicted octanol–water partition coefficient (Wildman–Crippen LogP) is 2.05. The lowest BCUT2D eigenvalue weighted by molar-refractivity contribution is 1.01. The molecule has 2 heteroatoms. The fourth-order valence-corrected chi connectivity index (χ4v) is 0.683. The molecule has 7 heavy (non-hydrogen) atoms. The van der Waals surface area contributed by atoms with Crippen LogP contribution in [0.1, 0.15) is 13.3 Å². The summed E-state index contributed by atoms with van der Waals surface area (Å²) in [4.78, 5) is 2.60. The van der Waals surface area contributed by atoms with E-state index in [1.54, 1.807) is 0 Å². The molecule has 0 aromatic rings. The van der Waals surface area contributed by atoms with Crippen LogP contribution in [0.25, 0.3) is 0 Å². The van der Waals surface area contributed by atoms with Crippen molar-refractivity contribution in [3.63, 3.8) is 0 Å². The monoisotopic (exact) mass is 178 g/mol. The molecule has 0 rings (SSSR count). The molecule has 0 N–H and O–H groups in total. The van der Waals surface area contributed by atoms with Crippen molar-refractivity contribution in [2.24, 2.45) is 0 Å². The largest absolute Gasteiger partial charge is 0.163 e. The minimum absolute atomic E-state index is 0.236. The molecule has 0 saturated carbocycles. The molecule has 0 aromatic carbocycles. The summed E-state index contributed by atoms with van der Waals surface area (Å²) in [5.74, 6) is 2.83. The van der Waals surface area contributed by atoms with Crippen LogP contribution in [0, 0.1) is 10.8 Å². The van der Waals surface area contributed by atoms with Gasteiger partial charge in [-0.15, -0.1) is 0 Å². The summed E-state index contributed by atoms with van der Waals surface area (Å²) in [7, 11) is 0. The number of hydrogen-bond donors (Lipinski definition) is 1. The first-order chi connectivity index (χ1) is 3.31. The average molecular weight is 179 g/mol. The van der Waals surface area contributed by atoms with E-state index < -0.39 is 0 Å². The first kappa shape index (κ1) is 7.39. The van der Waals surface area contributed by atoms with Gasteiger partial charge in [-0.2, -0.15) is 12.6 Å². The van der Waals surface area contributed by atoms with Gasteiger partial charge in [0.2, 0.25) is 0 Å². The Labute approximate surface area is 58.2 Å². The van der Waals surface area contributed by atoms with Gasteiger partial charge in [-0.25, -0.2) is 0 Å². The third kappa shape index (κ3) is 4.24. The maximum Gasteiger partial charge on any atom is 0.0633 e. The molecule has 0 nitrogen and oxygen atoms in total. The molecule has 0 bridgehead atoms. The normalized spacial score (nSPS) is 11.9. The zero-order chi connectivity index (χ0) is 5.70. The lowest BCUT2D eigenvalue weighted by Gasteiger charge is -1.90. The fraction of sp³-hybridized carbons (Fsp3) is 0.600. The highest BCUT2D eigenvalue weighted by atomic mass is 79.9. The fourth-order valence-electron chi connectivity index (χ4n) is 0.165. The Balaban J connectivity index is 3.29. The quantitative estimate of drug-likeness (QED) is 0.462. The van der Waals surface area contributed by atoms with Crippen molar-refractivity contribution in [3.8, 4) is 10.8 Å². The maximum absolute atomic E-state index is 4.11. The van der Waals surface area contributed by atoms with Crippen LogP contribution in [0.5, 0.6) is 0 Å². The molecule has 1 unspecified atom stereocenters. The van der Waals surface area contributed by atoms with Gasteiger partial charge in [0.05, 0.1) is 5.25 Å². The highest BCUT2D eigenvalue weighted by Crippen LogP contribution is 1.96. The Hall–Kier alpha value is 0.390. The van der Waals surface area contributed by atoms with Crippen LogP contribution in [0.4, 0.5) is 0 Å². The Morgan fingerprint density at radius 2 is 2.43 bits per heavy atom. The van der Waals surface area contributed by atoms with Gasteiger partial charge in [-0.1, -0.05) is 12.8 Å². The van der Waals surface area contributed by atoms with Crippen molar-refractivity contribution < 1.29 is 0 Å². The lowest BCUT2D eigenvalue weighted by atomic mass is 10.3. The van der Waals surface area contributed by atoms with Crippen molar-refractivity contribution in [1.29, 1.82) is 0 Å². The third-order valence-corrected chi connectivity index (χ3v) is 1.33. The van der Waals surface area contributed by atoms with Gasteiger partial charge >= 0.3 is 0 Å². The molecule has 1 atom stereocenters. The lowest BCUT2D eigenvalue weighted by Crippen LogP contribution is -1.87. The smallest absolute Gasteiger partial charge is 0.0633 e. The summed E-state index contributed by atoms with van der Waals surface area (Å²) >= 11 is 7.09. The summed E-state index contributed by atoms with van der Waals surface area (Å²) in [6.07, 6.45) is 1.00. The molecule has 0 saturated heterocycles. The third-order valence-electron chi connectivity index (χ3n) is 0.608. The molecule has 0 radical (unpaired) electrons. The number of hydrogen-bond acceptors (Lipinski definition) is 1. The summed E-state index contributed by atoms with van der Waals surface area (Å²) in [5, 5.41) is 0.236. The first-order valence-corrected chi connectivity index (χ1v) is 3.41. The van der Waals surface area contributed by atoms with Gasteiger partial charge in [-0.05, 0) is 11.3 Å². The minimum atomic E-state index is 0.236. The Kier molecular flexibility index (Phi) is 4.80. The van der Waals surface area contributed by atoms with Gasteiger partial charge in [0.1, 0.15) is 0 Å². The molecule has 40 valence electrons. The second-order valence-electron chi connectivity index (χ2n) is 1.16. The molecule has 0 fully saturated rings. The molecule has 0 heterocycles. The van der Waals surface area contributed by atoms with E-state index in [-0.39, 0.29) is 5.25 Å². The molecular weight excluding hydrogens is 172 g/mol. The van der Waals surface area contributed by atoms with E-state index in [0.717, 1.165) is 6.42 Å². The minimum Gasteiger partial charge on any atom is -0.163 e. The van der Waals surface area contributed by atoms with E-state index in [0.29, 0.717) is 0 Å². The van der Waals surface area contributed by atoms with Gasteiger partial charge in [-0.3, -0.25) is 0 Å². The van der Waals surface area contributed by atoms with Crippen LogP contribution in [-0.2, 0) is 0 Å². The standard InChI is InChI=1S/C5H7BrS/c1-2-5(7)3-4-6/h5,7H,2H2,1H3. The van der Waals surface area contributed by atoms with Crippen molar-refractivity contribution in [3.05, 3.63) is 0 Å². The Morgan fingerprint density at radius 1 is 1.86 bits per heavy atom. The molecule has 0 aromatic heterocycles. The number of halogens is 1. The molecule has 0 spiro atoms. The first-order valence-electron chi connectivity index (χ1n) is 2.10. The summed E-state index contributed by atoms with van der Waals surface area (Å²) in [6.45, 7) is 2.05. The van der Waals surface area contributed by atoms with Crippen molar-refractivity contribution in [2.75, 3.05) is 0 Å². The van der Waals surface area contributed by atoms with Gasteiger partial charge < -0.3 is 0 Å². The van der Waals surface area contributed by atoms with E-state index in [9.17, 15) is 0 Å². The Morgan fingerprint density at radius 3 is 2.57 bits per heavy atom. The molecule has 0 aliphatic heterocycles. The Bertz CT molecular complexity index is 90.0. The van der Waals surface area contributed by atoms with Gasteiger partial charge in [0.25, 0.3) is 0 Å². The van der Waals surface area contributed by atoms with E-state index in [4.69, 9.17) is 0 Å². The van der Waals surface area contributed by atoms with E-state index >= 15 is 0 Å². The molecular formula is C5H7BrS. The van der Waals surface area contributed by atoms with Gasteiger partial charge in [0, 0.05) is 15.9 Å². The average Bonchev–Trinajstić information content (AvgIpc) is 1.68. The summed E-state index contributed by atoms with van der Waals surface area (Å²) in [6, 6.07) is 0. The zero-order valence-corrected chi connectivity index (χ0v) is 6.59. The van der Waals surface area contributed by atoms with Crippen LogP contribution >= 0.6 is 28.6 Å². The number of rotatable bonds is 1. The van der Waals surface area contributed by atoms with E-state index in [2.05, 4.69) is 46.2 Å². The second kappa shape index (κ2) is 4.55. The summed E-state index contributed by atoms with van der Waals surface area (Å²) in [5.41, 5.74) is 0. The van der Waals surface area contributed by atoms with Crippen LogP contribution in [0.15, 0.2) is 0 Å².